The Hall–Kier alpha value is -4.19. The predicted octanol–water partition coefficient (Wildman–Crippen LogP) is 5.51. The highest BCUT2D eigenvalue weighted by Crippen LogP contribution is 2.43. The van der Waals surface area contributed by atoms with Crippen molar-refractivity contribution in [2.24, 2.45) is 0 Å². The van der Waals surface area contributed by atoms with E-state index in [2.05, 4.69) is 6.58 Å². The lowest BCUT2D eigenvalue weighted by molar-refractivity contribution is 0.354. The predicted molar refractivity (Wildman–Crippen MR) is 128 cm³/mol. The minimum atomic E-state index is -0.433. The number of phenols is 1. The smallest absolute Gasteiger partial charge is 0.197 e. The van der Waals surface area contributed by atoms with Gasteiger partial charge in [0, 0.05) is 29.2 Å². The van der Waals surface area contributed by atoms with Crippen LogP contribution in [0.2, 0.25) is 0 Å². The van der Waals surface area contributed by atoms with Crippen LogP contribution in [0.15, 0.2) is 82.5 Å². The van der Waals surface area contributed by atoms with Gasteiger partial charge in [0.05, 0.1) is 21.3 Å². The van der Waals surface area contributed by atoms with Gasteiger partial charge in [-0.05, 0) is 17.7 Å². The Morgan fingerprint density at radius 1 is 0.909 bits per heavy atom. The van der Waals surface area contributed by atoms with E-state index in [-0.39, 0.29) is 22.1 Å². The van der Waals surface area contributed by atoms with E-state index in [1.165, 1.54) is 19.2 Å². The summed E-state index contributed by atoms with van der Waals surface area (Å²) in [6.07, 6.45) is 1.73. The van der Waals surface area contributed by atoms with Crippen LogP contribution < -0.4 is 19.6 Å². The fourth-order valence-electron chi connectivity index (χ4n) is 3.99. The Kier molecular flexibility index (Phi) is 6.09. The zero-order chi connectivity index (χ0) is 23.5. The molecule has 0 unspecified atom stereocenters. The first-order valence-corrected chi connectivity index (χ1v) is 10.3. The van der Waals surface area contributed by atoms with Gasteiger partial charge in [-0.25, -0.2) is 0 Å². The summed E-state index contributed by atoms with van der Waals surface area (Å²) >= 11 is 0. The van der Waals surface area contributed by atoms with Crippen LogP contribution in [0, 0.1) is 0 Å². The molecule has 0 saturated heterocycles. The highest BCUT2D eigenvalue weighted by molar-refractivity contribution is 5.90. The number of hydrogen-bond donors (Lipinski definition) is 1. The number of methoxy groups -OCH3 is 3. The number of allylic oxidation sites excluding steroid dienone is 1. The third kappa shape index (κ3) is 3.91. The molecule has 1 atom stereocenters. The van der Waals surface area contributed by atoms with E-state index in [4.69, 9.17) is 18.6 Å². The van der Waals surface area contributed by atoms with Crippen molar-refractivity contribution in [1.82, 2.24) is 0 Å². The third-order valence-corrected chi connectivity index (χ3v) is 5.57. The quantitative estimate of drug-likeness (QED) is 0.379. The number of aromatic hydroxyl groups is 1. The average molecular weight is 444 g/mol. The SMILES string of the molecule is C=C[C@@H](c1ccc(OC)c(OC)c1)c1c(OC)cc(O)c2c(=O)cc(-c3ccccc3)oc12. The Bertz CT molecular complexity index is 1370. The molecule has 0 aliphatic carbocycles. The highest BCUT2D eigenvalue weighted by atomic mass is 16.5. The zero-order valence-electron chi connectivity index (χ0n) is 18.6. The third-order valence-electron chi connectivity index (χ3n) is 5.57. The average Bonchev–Trinajstić information content (AvgIpc) is 2.85. The van der Waals surface area contributed by atoms with E-state index in [0.29, 0.717) is 28.6 Å². The second kappa shape index (κ2) is 9.12. The molecule has 6 nitrogen and oxygen atoms in total. The first-order valence-electron chi connectivity index (χ1n) is 10.3. The maximum absolute atomic E-state index is 13.1. The number of fused-ring (bicyclic) bond motifs is 1. The molecule has 0 aliphatic rings. The van der Waals surface area contributed by atoms with Crippen molar-refractivity contribution in [1.29, 1.82) is 0 Å². The number of hydrogen-bond acceptors (Lipinski definition) is 6. The second-order valence-corrected chi connectivity index (χ2v) is 7.38. The number of benzene rings is 3. The molecule has 1 N–H and O–H groups in total. The normalized spacial score (nSPS) is 11.7. The van der Waals surface area contributed by atoms with Crippen LogP contribution >= 0.6 is 0 Å². The summed E-state index contributed by atoms with van der Waals surface area (Å²) in [4.78, 5) is 13.1. The lowest BCUT2D eigenvalue weighted by Gasteiger charge is -2.20. The molecular weight excluding hydrogens is 420 g/mol. The van der Waals surface area contributed by atoms with Crippen molar-refractivity contribution in [3.05, 3.63) is 94.7 Å². The molecule has 0 saturated carbocycles. The van der Waals surface area contributed by atoms with Gasteiger partial charge in [-0.2, -0.15) is 0 Å². The molecule has 168 valence electrons. The molecule has 0 aliphatic heterocycles. The van der Waals surface area contributed by atoms with Gasteiger partial charge in [0.2, 0.25) is 0 Å². The molecule has 0 spiro atoms. The highest BCUT2D eigenvalue weighted by Gasteiger charge is 2.25. The molecule has 3 aromatic carbocycles. The van der Waals surface area contributed by atoms with Crippen molar-refractivity contribution >= 4 is 11.0 Å². The van der Waals surface area contributed by atoms with Gasteiger partial charge in [-0.15, -0.1) is 6.58 Å². The van der Waals surface area contributed by atoms with Crippen LogP contribution in [0.3, 0.4) is 0 Å². The maximum atomic E-state index is 13.1. The van der Waals surface area contributed by atoms with Gasteiger partial charge in [-0.1, -0.05) is 42.5 Å². The molecule has 0 amide bonds. The van der Waals surface area contributed by atoms with Crippen LogP contribution in [-0.2, 0) is 0 Å². The van der Waals surface area contributed by atoms with Crippen molar-refractivity contribution in [2.45, 2.75) is 5.92 Å². The second-order valence-electron chi connectivity index (χ2n) is 7.38. The van der Waals surface area contributed by atoms with E-state index in [1.54, 1.807) is 26.4 Å². The van der Waals surface area contributed by atoms with Crippen LogP contribution in [0.5, 0.6) is 23.0 Å². The van der Waals surface area contributed by atoms with E-state index in [1.807, 2.05) is 42.5 Å². The minimum absolute atomic E-state index is 0.0813. The van der Waals surface area contributed by atoms with Gasteiger partial charge < -0.3 is 23.7 Å². The lowest BCUT2D eigenvalue weighted by Crippen LogP contribution is -2.07. The fraction of sp³-hybridized carbons (Fsp3) is 0.148. The summed E-state index contributed by atoms with van der Waals surface area (Å²) in [5.41, 5.74) is 2.01. The molecule has 4 aromatic rings. The Morgan fingerprint density at radius 2 is 1.61 bits per heavy atom. The molecule has 1 heterocycles. The van der Waals surface area contributed by atoms with Crippen molar-refractivity contribution in [3.63, 3.8) is 0 Å². The van der Waals surface area contributed by atoms with Gasteiger partial charge in [0.25, 0.3) is 0 Å². The number of ether oxygens (including phenoxy) is 3. The Balaban J connectivity index is 2.04. The molecule has 0 radical (unpaired) electrons. The van der Waals surface area contributed by atoms with Gasteiger partial charge >= 0.3 is 0 Å². The Morgan fingerprint density at radius 3 is 2.24 bits per heavy atom. The van der Waals surface area contributed by atoms with Crippen LogP contribution in [0.25, 0.3) is 22.3 Å². The summed E-state index contributed by atoms with van der Waals surface area (Å²) < 4.78 is 22.7. The van der Waals surface area contributed by atoms with Crippen LogP contribution in [0.1, 0.15) is 17.0 Å². The van der Waals surface area contributed by atoms with E-state index in [9.17, 15) is 9.90 Å². The zero-order valence-corrected chi connectivity index (χ0v) is 18.6. The van der Waals surface area contributed by atoms with Crippen LogP contribution in [-0.4, -0.2) is 26.4 Å². The largest absolute Gasteiger partial charge is 0.507 e. The first-order chi connectivity index (χ1) is 16.0. The summed E-state index contributed by atoms with van der Waals surface area (Å²) in [7, 11) is 4.63. The number of rotatable bonds is 7. The maximum Gasteiger partial charge on any atom is 0.197 e. The van der Waals surface area contributed by atoms with Crippen LogP contribution in [0.4, 0.5) is 0 Å². The summed E-state index contributed by atoms with van der Waals surface area (Å²) in [6.45, 7) is 4.01. The van der Waals surface area contributed by atoms with Crippen molar-refractivity contribution in [2.75, 3.05) is 21.3 Å². The summed E-state index contributed by atoms with van der Waals surface area (Å²) in [5, 5.41) is 10.7. The van der Waals surface area contributed by atoms with Crippen molar-refractivity contribution < 1.29 is 23.7 Å². The minimum Gasteiger partial charge on any atom is -0.507 e. The topological polar surface area (TPSA) is 78.1 Å². The molecule has 0 fully saturated rings. The first kappa shape index (κ1) is 22.0. The standard InChI is InChI=1S/C27H24O6/c1-5-18(17-11-12-21(30-2)23(13-17)31-3)25-24(32-4)15-20(29)26-19(28)14-22(33-27(25)26)16-9-7-6-8-10-16/h5-15,18,29H,1H2,2-4H3/t18-/m0/s1. The molecule has 1 aromatic heterocycles. The van der Waals surface area contributed by atoms with E-state index >= 15 is 0 Å². The fourth-order valence-corrected chi connectivity index (χ4v) is 3.99. The monoisotopic (exact) mass is 444 g/mol. The summed E-state index contributed by atoms with van der Waals surface area (Å²) in [5.74, 6) is 1.25. The Labute approximate surface area is 191 Å². The van der Waals surface area contributed by atoms with Gasteiger partial charge in [-0.3, -0.25) is 4.79 Å². The molecule has 33 heavy (non-hydrogen) atoms. The molecule has 4 rings (SSSR count). The lowest BCUT2D eigenvalue weighted by atomic mass is 9.88. The van der Waals surface area contributed by atoms with Gasteiger partial charge in [0.1, 0.15) is 28.2 Å². The summed E-state index contributed by atoms with van der Waals surface area (Å²) in [6, 6.07) is 17.6. The van der Waals surface area contributed by atoms with E-state index < -0.39 is 5.92 Å². The van der Waals surface area contributed by atoms with E-state index in [0.717, 1.165) is 11.1 Å². The molecular formula is C27H24O6. The molecule has 6 heteroatoms. The number of phenolic OH excluding ortho intramolecular Hbond substituents is 1. The molecule has 0 bridgehead atoms. The van der Waals surface area contributed by atoms with Crippen molar-refractivity contribution in [3.8, 4) is 34.3 Å². The van der Waals surface area contributed by atoms with Gasteiger partial charge in [0.15, 0.2) is 16.9 Å².